The van der Waals surface area contributed by atoms with Gasteiger partial charge in [-0.05, 0) is 28.9 Å². The quantitative estimate of drug-likeness (QED) is 0.733. The minimum atomic E-state index is -0.172. The molecule has 0 saturated carbocycles. The SMILES string of the molecule is CCn1cc(-c2noc(CNC(=O)c3cc(Br)cs3)n2)cn1. The molecule has 1 N–H and O–H groups in total. The number of hydrogen-bond donors (Lipinski definition) is 1. The fourth-order valence-corrected chi connectivity index (χ4v) is 3.11. The molecule has 7 nitrogen and oxygen atoms in total. The first-order valence-electron chi connectivity index (χ1n) is 6.53. The van der Waals surface area contributed by atoms with Gasteiger partial charge >= 0.3 is 0 Å². The lowest BCUT2D eigenvalue weighted by molar-refractivity contribution is 0.0950. The number of carbonyl (C=O) groups is 1. The summed E-state index contributed by atoms with van der Waals surface area (Å²) in [4.78, 5) is 16.8. The Labute approximate surface area is 138 Å². The number of hydrogen-bond acceptors (Lipinski definition) is 6. The largest absolute Gasteiger partial charge is 0.342 e. The molecule has 3 rings (SSSR count). The normalized spacial score (nSPS) is 10.8. The molecule has 0 aliphatic rings. The summed E-state index contributed by atoms with van der Waals surface area (Å²) in [6.45, 7) is 2.96. The van der Waals surface area contributed by atoms with E-state index in [0.717, 1.165) is 16.6 Å². The molecule has 0 fully saturated rings. The van der Waals surface area contributed by atoms with Crippen LogP contribution in [0.1, 0.15) is 22.5 Å². The average molecular weight is 382 g/mol. The van der Waals surface area contributed by atoms with E-state index in [2.05, 4.69) is 36.5 Å². The number of amides is 1. The van der Waals surface area contributed by atoms with Crippen molar-refractivity contribution in [3.05, 3.63) is 39.1 Å². The minimum absolute atomic E-state index is 0.172. The summed E-state index contributed by atoms with van der Waals surface area (Å²) in [7, 11) is 0. The monoisotopic (exact) mass is 381 g/mol. The van der Waals surface area contributed by atoms with Gasteiger partial charge in [0.1, 0.15) is 0 Å². The van der Waals surface area contributed by atoms with Gasteiger partial charge in [0.2, 0.25) is 11.7 Å². The van der Waals surface area contributed by atoms with Gasteiger partial charge in [-0.15, -0.1) is 11.3 Å². The number of nitrogens with one attached hydrogen (secondary N) is 1. The average Bonchev–Trinajstić information content (AvgIpc) is 3.24. The van der Waals surface area contributed by atoms with Crippen LogP contribution in [-0.4, -0.2) is 25.8 Å². The molecule has 3 aromatic rings. The van der Waals surface area contributed by atoms with Gasteiger partial charge in [-0.25, -0.2) is 0 Å². The zero-order valence-corrected chi connectivity index (χ0v) is 14.0. The third-order valence-electron chi connectivity index (χ3n) is 2.87. The highest BCUT2D eigenvalue weighted by atomic mass is 79.9. The first-order chi connectivity index (χ1) is 10.7. The minimum Gasteiger partial charge on any atom is -0.342 e. The Morgan fingerprint density at radius 3 is 3.09 bits per heavy atom. The third kappa shape index (κ3) is 3.25. The van der Waals surface area contributed by atoms with Crippen molar-refractivity contribution >= 4 is 33.2 Å². The van der Waals surface area contributed by atoms with Crippen LogP contribution in [0.3, 0.4) is 0 Å². The van der Waals surface area contributed by atoms with Gasteiger partial charge < -0.3 is 9.84 Å². The molecule has 0 aliphatic heterocycles. The molecule has 0 radical (unpaired) electrons. The Morgan fingerprint density at radius 1 is 1.55 bits per heavy atom. The van der Waals surface area contributed by atoms with E-state index in [1.165, 1.54) is 11.3 Å². The van der Waals surface area contributed by atoms with Crippen LogP contribution in [-0.2, 0) is 13.1 Å². The molecule has 0 bridgehead atoms. The Balaban J connectivity index is 1.63. The fourth-order valence-electron chi connectivity index (χ4n) is 1.77. The van der Waals surface area contributed by atoms with Crippen LogP contribution < -0.4 is 5.32 Å². The molecule has 114 valence electrons. The van der Waals surface area contributed by atoms with Gasteiger partial charge in [-0.3, -0.25) is 9.48 Å². The highest BCUT2D eigenvalue weighted by Gasteiger charge is 2.13. The lowest BCUT2D eigenvalue weighted by Crippen LogP contribution is -2.21. The number of halogens is 1. The Bertz CT molecular complexity index is 794. The summed E-state index contributed by atoms with van der Waals surface area (Å²) in [5, 5.41) is 12.6. The van der Waals surface area contributed by atoms with Crippen LogP contribution >= 0.6 is 27.3 Å². The van der Waals surface area contributed by atoms with Crippen LogP contribution in [0.15, 0.2) is 32.8 Å². The highest BCUT2D eigenvalue weighted by Crippen LogP contribution is 2.19. The van der Waals surface area contributed by atoms with Crippen LogP contribution in [0.25, 0.3) is 11.4 Å². The molecule has 9 heteroatoms. The number of carbonyl (C=O) groups excluding carboxylic acids is 1. The molecular formula is C13H12BrN5O2S. The van der Waals surface area contributed by atoms with Crippen LogP contribution in [0.5, 0.6) is 0 Å². The number of aryl methyl sites for hydroxylation is 1. The van der Waals surface area contributed by atoms with Gasteiger partial charge in [0, 0.05) is 22.6 Å². The second-order valence-electron chi connectivity index (χ2n) is 4.41. The molecule has 0 aliphatic carbocycles. The predicted molar refractivity (Wildman–Crippen MR) is 84.4 cm³/mol. The third-order valence-corrected chi connectivity index (χ3v) is 4.56. The number of rotatable bonds is 5. The fraction of sp³-hybridized carbons (Fsp3) is 0.231. The topological polar surface area (TPSA) is 85.8 Å². The molecule has 0 atom stereocenters. The van der Waals surface area contributed by atoms with Crippen molar-refractivity contribution in [2.45, 2.75) is 20.0 Å². The summed E-state index contributed by atoms with van der Waals surface area (Å²) < 4.78 is 7.80. The predicted octanol–water partition coefficient (Wildman–Crippen LogP) is 2.71. The highest BCUT2D eigenvalue weighted by molar-refractivity contribution is 9.10. The molecule has 3 heterocycles. The van der Waals surface area contributed by atoms with E-state index in [4.69, 9.17) is 4.52 Å². The van der Waals surface area contributed by atoms with Gasteiger partial charge in [0.15, 0.2) is 0 Å². The summed E-state index contributed by atoms with van der Waals surface area (Å²) in [6, 6.07) is 1.76. The van der Waals surface area contributed by atoms with Gasteiger partial charge in [-0.2, -0.15) is 10.1 Å². The zero-order chi connectivity index (χ0) is 15.5. The van der Waals surface area contributed by atoms with Gasteiger partial charge in [-0.1, -0.05) is 5.16 Å². The number of aromatic nitrogens is 4. The van der Waals surface area contributed by atoms with E-state index >= 15 is 0 Å². The Morgan fingerprint density at radius 2 is 2.41 bits per heavy atom. The second kappa shape index (κ2) is 6.41. The van der Waals surface area contributed by atoms with Gasteiger partial charge in [0.05, 0.1) is 23.2 Å². The van der Waals surface area contributed by atoms with Crippen molar-refractivity contribution in [1.29, 1.82) is 0 Å². The van der Waals surface area contributed by atoms with Crippen molar-refractivity contribution in [2.75, 3.05) is 0 Å². The van der Waals surface area contributed by atoms with Gasteiger partial charge in [0.25, 0.3) is 5.91 Å². The van der Waals surface area contributed by atoms with E-state index < -0.39 is 0 Å². The summed E-state index contributed by atoms with van der Waals surface area (Å²) in [6.07, 6.45) is 3.52. The van der Waals surface area contributed by atoms with Crippen molar-refractivity contribution in [3.63, 3.8) is 0 Å². The summed E-state index contributed by atoms with van der Waals surface area (Å²) in [5.41, 5.74) is 0.783. The molecule has 0 spiro atoms. The zero-order valence-electron chi connectivity index (χ0n) is 11.6. The number of thiophene rings is 1. The van der Waals surface area contributed by atoms with E-state index in [-0.39, 0.29) is 12.5 Å². The maximum Gasteiger partial charge on any atom is 0.261 e. The molecular weight excluding hydrogens is 370 g/mol. The lowest BCUT2D eigenvalue weighted by atomic mass is 10.3. The van der Waals surface area contributed by atoms with Crippen molar-refractivity contribution in [3.8, 4) is 11.4 Å². The first kappa shape index (κ1) is 14.9. The smallest absolute Gasteiger partial charge is 0.261 e. The maximum absolute atomic E-state index is 11.9. The Kier molecular flexibility index (Phi) is 4.34. The lowest BCUT2D eigenvalue weighted by Gasteiger charge is -1.98. The second-order valence-corrected chi connectivity index (χ2v) is 6.24. The van der Waals surface area contributed by atoms with Crippen LogP contribution in [0.4, 0.5) is 0 Å². The molecule has 22 heavy (non-hydrogen) atoms. The summed E-state index contributed by atoms with van der Waals surface area (Å²) >= 11 is 4.68. The van der Waals surface area contributed by atoms with Crippen LogP contribution in [0.2, 0.25) is 0 Å². The molecule has 0 saturated heterocycles. The molecule has 1 amide bonds. The van der Waals surface area contributed by atoms with Crippen molar-refractivity contribution < 1.29 is 9.32 Å². The van der Waals surface area contributed by atoms with E-state index in [0.29, 0.717) is 16.6 Å². The van der Waals surface area contributed by atoms with E-state index in [9.17, 15) is 4.79 Å². The van der Waals surface area contributed by atoms with E-state index in [1.54, 1.807) is 16.9 Å². The maximum atomic E-state index is 11.9. The Hall–Kier alpha value is -2.00. The van der Waals surface area contributed by atoms with Crippen molar-refractivity contribution in [1.82, 2.24) is 25.2 Å². The molecule has 0 unspecified atom stereocenters. The molecule has 3 aromatic heterocycles. The first-order valence-corrected chi connectivity index (χ1v) is 8.20. The van der Waals surface area contributed by atoms with Crippen LogP contribution in [0, 0.1) is 0 Å². The number of nitrogens with zero attached hydrogens (tertiary/aromatic N) is 4. The standard InChI is InChI=1S/C13H12BrN5O2S/c1-2-19-6-8(4-16-19)12-17-11(21-18-12)5-15-13(20)10-3-9(14)7-22-10/h3-4,6-7H,2,5H2,1H3,(H,15,20). The van der Waals surface area contributed by atoms with Crippen molar-refractivity contribution in [2.24, 2.45) is 0 Å². The summed E-state index contributed by atoms with van der Waals surface area (Å²) in [5.74, 6) is 0.639. The van der Waals surface area contributed by atoms with E-state index in [1.807, 2.05) is 18.5 Å². The molecule has 0 aromatic carbocycles.